The van der Waals surface area contributed by atoms with E-state index in [-0.39, 0.29) is 11.7 Å². The van der Waals surface area contributed by atoms with Crippen LogP contribution in [-0.2, 0) is 16.4 Å². The number of benzene rings is 2. The molecule has 0 bridgehead atoms. The van der Waals surface area contributed by atoms with Gasteiger partial charge in [0.05, 0.1) is 4.90 Å². The zero-order chi connectivity index (χ0) is 26.3. The standard InChI is InChI=1S/C30H40N2O3S/c1-7-10-11-12-16-24(9-3)26-19-20-28(27-18-14-13-17-25(27)15-8-2)29(22(26)5)36(33,34)32-30-21(4)23(6)35-31-30/h9,13-14,17-20,24H,3,7-8,10-12,15-16H2,1-2,4-6H3,(H,31,32). The molecule has 0 spiro atoms. The number of unbranched alkanes of at least 4 members (excludes halogenated alkanes) is 3. The molecule has 0 aliphatic heterocycles. The van der Waals surface area contributed by atoms with E-state index in [9.17, 15) is 8.42 Å². The molecule has 0 amide bonds. The van der Waals surface area contributed by atoms with Gasteiger partial charge < -0.3 is 4.52 Å². The Hall–Kier alpha value is -2.86. The molecule has 0 radical (unpaired) electrons. The van der Waals surface area contributed by atoms with Crippen LogP contribution in [0.15, 0.2) is 58.5 Å². The highest BCUT2D eigenvalue weighted by Gasteiger charge is 2.28. The highest BCUT2D eigenvalue weighted by atomic mass is 32.2. The number of aryl methyl sites for hydroxylation is 2. The van der Waals surface area contributed by atoms with Crippen molar-refractivity contribution in [2.24, 2.45) is 0 Å². The Morgan fingerprint density at radius 1 is 0.972 bits per heavy atom. The molecule has 0 aliphatic carbocycles. The van der Waals surface area contributed by atoms with Crippen LogP contribution in [0.5, 0.6) is 0 Å². The molecule has 1 unspecified atom stereocenters. The van der Waals surface area contributed by atoms with Gasteiger partial charge in [0.2, 0.25) is 0 Å². The lowest BCUT2D eigenvalue weighted by molar-refractivity contribution is 0.399. The van der Waals surface area contributed by atoms with Gasteiger partial charge in [0.1, 0.15) is 5.76 Å². The summed E-state index contributed by atoms with van der Waals surface area (Å²) in [6.07, 6.45) is 9.39. The lowest BCUT2D eigenvalue weighted by Gasteiger charge is -2.22. The molecule has 6 heteroatoms. The second kappa shape index (κ2) is 12.4. The van der Waals surface area contributed by atoms with E-state index in [4.69, 9.17) is 4.52 Å². The molecule has 1 heterocycles. The summed E-state index contributed by atoms with van der Waals surface area (Å²) in [5.41, 5.74) is 5.23. The molecule has 2 aromatic carbocycles. The smallest absolute Gasteiger partial charge is 0.264 e. The van der Waals surface area contributed by atoms with Gasteiger partial charge in [0, 0.05) is 17.0 Å². The van der Waals surface area contributed by atoms with Crippen molar-refractivity contribution in [3.8, 4) is 11.1 Å². The molecule has 1 N–H and O–H groups in total. The average molecular weight is 509 g/mol. The van der Waals surface area contributed by atoms with Crippen molar-refractivity contribution in [1.29, 1.82) is 0 Å². The highest BCUT2D eigenvalue weighted by Crippen LogP contribution is 2.39. The maximum atomic E-state index is 14.0. The summed E-state index contributed by atoms with van der Waals surface area (Å²) in [5, 5.41) is 3.96. The Morgan fingerprint density at radius 3 is 2.36 bits per heavy atom. The molecule has 0 fully saturated rings. The lowest BCUT2D eigenvalue weighted by atomic mass is 9.87. The van der Waals surface area contributed by atoms with Crippen LogP contribution in [-0.4, -0.2) is 13.6 Å². The Kier molecular flexibility index (Phi) is 9.55. The molecule has 1 aromatic heterocycles. The molecular formula is C30H40N2O3S. The minimum Gasteiger partial charge on any atom is -0.359 e. The van der Waals surface area contributed by atoms with Crippen molar-refractivity contribution < 1.29 is 12.9 Å². The maximum Gasteiger partial charge on any atom is 0.264 e. The fourth-order valence-electron chi connectivity index (χ4n) is 4.82. The normalized spacial score (nSPS) is 12.5. The largest absolute Gasteiger partial charge is 0.359 e. The summed E-state index contributed by atoms with van der Waals surface area (Å²) in [7, 11) is -3.96. The van der Waals surface area contributed by atoms with Crippen LogP contribution in [0.4, 0.5) is 5.82 Å². The van der Waals surface area contributed by atoms with Crippen LogP contribution in [0.2, 0.25) is 0 Å². The molecule has 3 rings (SSSR count). The number of sulfonamides is 1. The van der Waals surface area contributed by atoms with Gasteiger partial charge in [-0.3, -0.25) is 4.72 Å². The van der Waals surface area contributed by atoms with Crippen molar-refractivity contribution in [2.75, 3.05) is 4.72 Å². The molecule has 0 saturated carbocycles. The number of hydrogen-bond acceptors (Lipinski definition) is 4. The monoisotopic (exact) mass is 508 g/mol. The predicted molar refractivity (Wildman–Crippen MR) is 149 cm³/mol. The number of aromatic nitrogens is 1. The molecule has 5 nitrogen and oxygen atoms in total. The molecular weight excluding hydrogens is 468 g/mol. The maximum absolute atomic E-state index is 14.0. The first kappa shape index (κ1) is 27.7. The number of anilines is 1. The van der Waals surface area contributed by atoms with Gasteiger partial charge in [0.25, 0.3) is 10.0 Å². The number of nitrogens with zero attached hydrogens (tertiary/aromatic N) is 1. The van der Waals surface area contributed by atoms with Crippen LogP contribution >= 0.6 is 0 Å². The molecule has 1 atom stereocenters. The number of allylic oxidation sites excluding steroid dienone is 1. The minimum atomic E-state index is -3.96. The first-order chi connectivity index (χ1) is 17.2. The number of hydrogen-bond donors (Lipinski definition) is 1. The molecule has 3 aromatic rings. The summed E-state index contributed by atoms with van der Waals surface area (Å²) in [6, 6.07) is 12.1. The SMILES string of the molecule is C=CC(CCCCCC)c1ccc(-c2ccccc2CCC)c(S(=O)(=O)Nc2noc(C)c2C)c1C. The van der Waals surface area contributed by atoms with Crippen LogP contribution in [0, 0.1) is 20.8 Å². The first-order valence-corrected chi connectivity index (χ1v) is 14.5. The van der Waals surface area contributed by atoms with Crippen molar-refractivity contribution >= 4 is 15.8 Å². The topological polar surface area (TPSA) is 72.2 Å². The summed E-state index contributed by atoms with van der Waals surface area (Å²) in [5.74, 6) is 0.905. The summed E-state index contributed by atoms with van der Waals surface area (Å²) >= 11 is 0. The van der Waals surface area contributed by atoms with Crippen molar-refractivity contribution in [3.63, 3.8) is 0 Å². The third-order valence-electron chi connectivity index (χ3n) is 6.98. The Labute approximate surface area is 217 Å². The third kappa shape index (κ3) is 6.09. The van der Waals surface area contributed by atoms with Gasteiger partial charge in [-0.1, -0.05) is 93.6 Å². The van der Waals surface area contributed by atoms with Crippen molar-refractivity contribution in [3.05, 3.63) is 77.1 Å². The number of rotatable bonds is 13. The van der Waals surface area contributed by atoms with E-state index in [1.807, 2.05) is 37.3 Å². The summed E-state index contributed by atoms with van der Waals surface area (Å²) in [4.78, 5) is 0.295. The molecule has 36 heavy (non-hydrogen) atoms. The fraction of sp³-hybridized carbons (Fsp3) is 0.433. The quantitative estimate of drug-likeness (QED) is 0.186. The zero-order valence-electron chi connectivity index (χ0n) is 22.4. The van der Waals surface area contributed by atoms with Gasteiger partial charge in [-0.25, -0.2) is 8.42 Å². The van der Waals surface area contributed by atoms with Gasteiger partial charge in [0.15, 0.2) is 5.82 Å². The van der Waals surface area contributed by atoms with Crippen molar-refractivity contribution in [1.82, 2.24) is 5.16 Å². The average Bonchev–Trinajstić information content (AvgIpc) is 3.16. The molecule has 194 valence electrons. The lowest BCUT2D eigenvalue weighted by Crippen LogP contribution is -2.18. The minimum absolute atomic E-state index is 0.0896. The molecule has 0 saturated heterocycles. The van der Waals surface area contributed by atoms with E-state index in [0.717, 1.165) is 47.9 Å². The van der Waals surface area contributed by atoms with Gasteiger partial charge in [-0.15, -0.1) is 6.58 Å². The highest BCUT2D eigenvalue weighted by molar-refractivity contribution is 7.93. The molecule has 0 aliphatic rings. The van der Waals surface area contributed by atoms with E-state index >= 15 is 0 Å². The van der Waals surface area contributed by atoms with Crippen LogP contribution in [0.3, 0.4) is 0 Å². The Bertz CT molecular complexity index is 1290. The predicted octanol–water partition coefficient (Wildman–Crippen LogP) is 8.26. The number of nitrogens with one attached hydrogen (secondary N) is 1. The van der Waals surface area contributed by atoms with Crippen molar-refractivity contribution in [2.45, 2.75) is 90.4 Å². The second-order valence-electron chi connectivity index (χ2n) is 9.57. The van der Waals surface area contributed by atoms with Crippen LogP contribution < -0.4 is 4.72 Å². The van der Waals surface area contributed by atoms with Gasteiger partial charge >= 0.3 is 0 Å². The van der Waals surface area contributed by atoms with E-state index in [2.05, 4.69) is 42.4 Å². The Morgan fingerprint density at radius 2 is 1.72 bits per heavy atom. The summed E-state index contributed by atoms with van der Waals surface area (Å²) < 4.78 is 35.9. The Balaban J connectivity index is 2.18. The van der Waals surface area contributed by atoms with E-state index in [1.165, 1.54) is 19.3 Å². The van der Waals surface area contributed by atoms with Crippen LogP contribution in [0.25, 0.3) is 11.1 Å². The third-order valence-corrected chi connectivity index (χ3v) is 8.51. The van der Waals surface area contributed by atoms with Crippen LogP contribution in [0.1, 0.15) is 86.3 Å². The van der Waals surface area contributed by atoms with E-state index < -0.39 is 10.0 Å². The van der Waals surface area contributed by atoms with E-state index in [1.54, 1.807) is 13.8 Å². The second-order valence-corrected chi connectivity index (χ2v) is 11.2. The van der Waals surface area contributed by atoms with Gasteiger partial charge in [-0.05, 0) is 55.9 Å². The van der Waals surface area contributed by atoms with E-state index in [0.29, 0.717) is 21.8 Å². The first-order valence-electron chi connectivity index (χ1n) is 13.0. The zero-order valence-corrected chi connectivity index (χ0v) is 23.2. The van der Waals surface area contributed by atoms with Gasteiger partial charge in [-0.2, -0.15) is 0 Å². The summed E-state index contributed by atoms with van der Waals surface area (Å²) in [6.45, 7) is 13.9. The fourth-order valence-corrected chi connectivity index (χ4v) is 6.36.